The van der Waals surface area contributed by atoms with Gasteiger partial charge in [-0.2, -0.15) is 9.97 Å². The summed E-state index contributed by atoms with van der Waals surface area (Å²) in [5.41, 5.74) is 1.26. The minimum Gasteiger partial charge on any atom is -0.383 e. The highest BCUT2D eigenvalue weighted by Gasteiger charge is 2.30. The fourth-order valence-corrected chi connectivity index (χ4v) is 5.81. The van der Waals surface area contributed by atoms with Crippen molar-refractivity contribution in [1.29, 1.82) is 0 Å². The van der Waals surface area contributed by atoms with Crippen molar-refractivity contribution in [2.24, 2.45) is 0 Å². The molecule has 2 aliphatic heterocycles. The van der Waals surface area contributed by atoms with Crippen molar-refractivity contribution in [1.82, 2.24) is 34.4 Å². The lowest BCUT2D eigenvalue weighted by atomic mass is 10.1. The van der Waals surface area contributed by atoms with Crippen molar-refractivity contribution in [2.45, 2.75) is 25.5 Å². The number of nitrogens with zero attached hydrogens (tertiary/aromatic N) is 11. The first-order valence-corrected chi connectivity index (χ1v) is 16.2. The van der Waals surface area contributed by atoms with Gasteiger partial charge in [0.1, 0.15) is 11.0 Å². The van der Waals surface area contributed by atoms with Gasteiger partial charge in [-0.3, -0.25) is 4.79 Å². The fourth-order valence-electron chi connectivity index (χ4n) is 5.81. The summed E-state index contributed by atoms with van der Waals surface area (Å²) in [4.78, 5) is 48.1. The number of anilines is 4. The van der Waals surface area contributed by atoms with Gasteiger partial charge in [-0.15, -0.1) is 0 Å². The van der Waals surface area contributed by atoms with Crippen molar-refractivity contribution in [3.63, 3.8) is 0 Å². The Bertz CT molecular complexity index is 1410. The number of piperidine rings is 1. The number of likely N-dealkylation sites (N-methyl/N-ethyl adjacent to an activating group) is 1. The lowest BCUT2D eigenvalue weighted by Crippen LogP contribution is -2.49. The molecule has 5 heterocycles. The van der Waals surface area contributed by atoms with Crippen LogP contribution in [-0.4, -0.2) is 161 Å². The molecule has 0 bridgehead atoms. The standard InChI is InChI=1S/C31H49N11O5/c1-37-12-14-42(22-25(37)43)29-27-26(33-30(36-29)40(16-19-44-2)15-13-38-11-8-32-23-38)28(39-9-6-24(47-5)7-10-39)35-31(34-27)41(17-20-45-3)18-21-46-4/h8,11,23-24H,6-7,9-10,12-22H2,1-5H3. The van der Waals surface area contributed by atoms with E-state index in [1.54, 1.807) is 45.9 Å². The van der Waals surface area contributed by atoms with Crippen molar-refractivity contribution >= 4 is 40.5 Å². The van der Waals surface area contributed by atoms with E-state index in [2.05, 4.69) is 19.7 Å². The Balaban J connectivity index is 1.67. The zero-order valence-corrected chi connectivity index (χ0v) is 28.4. The maximum Gasteiger partial charge on any atom is 0.241 e. The van der Waals surface area contributed by atoms with Gasteiger partial charge in [0.25, 0.3) is 0 Å². The Labute approximate surface area is 276 Å². The van der Waals surface area contributed by atoms with E-state index in [1.165, 1.54) is 0 Å². The third kappa shape index (κ3) is 8.54. The van der Waals surface area contributed by atoms with Crippen molar-refractivity contribution < 1.29 is 23.7 Å². The molecule has 0 unspecified atom stereocenters. The van der Waals surface area contributed by atoms with Crippen LogP contribution < -0.4 is 19.6 Å². The molecular weight excluding hydrogens is 606 g/mol. The second-order valence-corrected chi connectivity index (χ2v) is 11.8. The molecule has 3 aromatic heterocycles. The van der Waals surface area contributed by atoms with Gasteiger partial charge in [-0.25, -0.2) is 15.0 Å². The Hall–Kier alpha value is -3.86. The number of carbonyl (C=O) groups excluding carboxylic acids is 1. The van der Waals surface area contributed by atoms with Crippen LogP contribution in [0.1, 0.15) is 12.8 Å². The van der Waals surface area contributed by atoms with Gasteiger partial charge >= 0.3 is 0 Å². The highest BCUT2D eigenvalue weighted by molar-refractivity contribution is 5.96. The third-order valence-electron chi connectivity index (χ3n) is 8.76. The zero-order valence-electron chi connectivity index (χ0n) is 28.4. The molecule has 2 aliphatic rings. The van der Waals surface area contributed by atoms with E-state index in [1.807, 2.05) is 22.7 Å². The molecule has 2 fully saturated rings. The summed E-state index contributed by atoms with van der Waals surface area (Å²) in [6.45, 7) is 7.46. The smallest absolute Gasteiger partial charge is 0.241 e. The first-order valence-electron chi connectivity index (χ1n) is 16.2. The van der Waals surface area contributed by atoms with Gasteiger partial charge in [0, 0.05) is 107 Å². The largest absolute Gasteiger partial charge is 0.383 e. The SMILES string of the molecule is COCCN(CCn1ccnc1)c1nc(N2CCN(C)C(=O)C2)c2nc(N(CCOC)CCOC)nc(N3CCC(OC)CC3)c2n1. The van der Waals surface area contributed by atoms with Crippen LogP contribution in [0.5, 0.6) is 0 Å². The number of rotatable bonds is 17. The lowest BCUT2D eigenvalue weighted by Gasteiger charge is -2.35. The lowest BCUT2D eigenvalue weighted by molar-refractivity contribution is -0.129. The highest BCUT2D eigenvalue weighted by atomic mass is 16.5. The van der Waals surface area contributed by atoms with Crippen molar-refractivity contribution in [2.75, 3.05) is 134 Å². The quantitative estimate of drug-likeness (QED) is 0.202. The second-order valence-electron chi connectivity index (χ2n) is 11.8. The summed E-state index contributed by atoms with van der Waals surface area (Å²) < 4.78 is 24.1. The molecule has 0 spiro atoms. The van der Waals surface area contributed by atoms with Crippen LogP contribution in [0.2, 0.25) is 0 Å². The molecule has 0 aromatic carbocycles. The predicted molar refractivity (Wildman–Crippen MR) is 180 cm³/mol. The molecule has 258 valence electrons. The number of hydrogen-bond donors (Lipinski definition) is 0. The summed E-state index contributed by atoms with van der Waals surface area (Å²) in [7, 11) is 8.65. The Morgan fingerprint density at radius 1 is 0.766 bits per heavy atom. The van der Waals surface area contributed by atoms with Gasteiger partial charge in [-0.1, -0.05) is 0 Å². The Kier molecular flexibility index (Phi) is 12.3. The minimum absolute atomic E-state index is 0.0267. The molecule has 0 aliphatic carbocycles. The summed E-state index contributed by atoms with van der Waals surface area (Å²) in [5.74, 6) is 2.47. The summed E-state index contributed by atoms with van der Waals surface area (Å²) in [6, 6.07) is 0. The molecule has 0 saturated carbocycles. The van der Waals surface area contributed by atoms with Crippen LogP contribution in [-0.2, 0) is 30.3 Å². The predicted octanol–water partition coefficient (Wildman–Crippen LogP) is 0.762. The maximum atomic E-state index is 13.0. The monoisotopic (exact) mass is 655 g/mol. The number of carbonyl (C=O) groups is 1. The Morgan fingerprint density at radius 3 is 1.85 bits per heavy atom. The van der Waals surface area contributed by atoms with E-state index in [0.29, 0.717) is 94.4 Å². The van der Waals surface area contributed by atoms with E-state index < -0.39 is 0 Å². The number of fused-ring (bicyclic) bond motifs is 1. The van der Waals surface area contributed by atoms with Crippen LogP contribution >= 0.6 is 0 Å². The van der Waals surface area contributed by atoms with Crippen molar-refractivity contribution in [3.05, 3.63) is 18.7 Å². The second kappa shape index (κ2) is 16.8. The normalized spacial score (nSPS) is 16.0. The van der Waals surface area contributed by atoms with Crippen LogP contribution in [0.3, 0.4) is 0 Å². The third-order valence-corrected chi connectivity index (χ3v) is 8.76. The topological polar surface area (TPSA) is 140 Å². The van der Waals surface area contributed by atoms with Gasteiger partial charge in [0.2, 0.25) is 17.8 Å². The summed E-state index contributed by atoms with van der Waals surface area (Å²) in [5, 5.41) is 0. The van der Waals surface area contributed by atoms with Gasteiger partial charge in [0.05, 0.1) is 38.8 Å². The molecule has 3 aromatic rings. The van der Waals surface area contributed by atoms with Crippen LogP contribution in [0.15, 0.2) is 18.7 Å². The van der Waals surface area contributed by atoms with Crippen LogP contribution in [0, 0.1) is 0 Å². The minimum atomic E-state index is 0.0267. The number of hydrogen-bond acceptors (Lipinski definition) is 14. The highest BCUT2D eigenvalue weighted by Crippen LogP contribution is 2.34. The number of imidazole rings is 1. The van der Waals surface area contributed by atoms with Gasteiger partial charge in [-0.05, 0) is 12.8 Å². The van der Waals surface area contributed by atoms with E-state index in [-0.39, 0.29) is 18.6 Å². The molecule has 5 rings (SSSR count). The summed E-state index contributed by atoms with van der Waals surface area (Å²) >= 11 is 0. The molecule has 16 nitrogen and oxygen atoms in total. The van der Waals surface area contributed by atoms with Gasteiger partial charge < -0.3 is 48.0 Å². The van der Waals surface area contributed by atoms with E-state index in [0.717, 1.165) is 31.7 Å². The number of amides is 1. The summed E-state index contributed by atoms with van der Waals surface area (Å²) in [6.07, 6.45) is 7.45. The van der Waals surface area contributed by atoms with E-state index >= 15 is 0 Å². The molecule has 2 saturated heterocycles. The van der Waals surface area contributed by atoms with E-state index in [4.69, 9.17) is 38.9 Å². The molecule has 0 atom stereocenters. The van der Waals surface area contributed by atoms with E-state index in [9.17, 15) is 4.79 Å². The first-order chi connectivity index (χ1) is 22.9. The average molecular weight is 656 g/mol. The Morgan fingerprint density at radius 2 is 1.34 bits per heavy atom. The number of ether oxygens (including phenoxy) is 4. The molecule has 47 heavy (non-hydrogen) atoms. The average Bonchev–Trinajstić information content (AvgIpc) is 3.62. The number of piperazine rings is 1. The van der Waals surface area contributed by atoms with Crippen molar-refractivity contribution in [3.8, 4) is 0 Å². The number of aromatic nitrogens is 6. The number of methoxy groups -OCH3 is 4. The molecule has 1 amide bonds. The van der Waals surface area contributed by atoms with Crippen LogP contribution in [0.25, 0.3) is 11.0 Å². The van der Waals surface area contributed by atoms with Crippen LogP contribution in [0.4, 0.5) is 23.5 Å². The molecule has 0 radical (unpaired) electrons. The molecule has 16 heteroatoms. The maximum absolute atomic E-state index is 13.0. The van der Waals surface area contributed by atoms with Gasteiger partial charge in [0.15, 0.2) is 11.6 Å². The first kappa shape index (κ1) is 34.5. The molecule has 0 N–H and O–H groups in total. The fraction of sp³-hybridized carbons (Fsp3) is 0.677. The molecular formula is C31H49N11O5. The zero-order chi connectivity index (χ0) is 33.2.